The van der Waals surface area contributed by atoms with Crippen LogP contribution in [0, 0.1) is 0 Å². The molecule has 0 saturated carbocycles. The van der Waals surface area contributed by atoms with Crippen LogP contribution in [0.2, 0.25) is 0 Å². The summed E-state index contributed by atoms with van der Waals surface area (Å²) >= 11 is 12.4. The molecule has 26 heavy (non-hydrogen) atoms. The van der Waals surface area contributed by atoms with Crippen LogP contribution in [0.15, 0.2) is 9.59 Å². The van der Waals surface area contributed by atoms with Gasteiger partial charge in [0.1, 0.15) is 17.0 Å². The summed E-state index contributed by atoms with van der Waals surface area (Å²) in [5, 5.41) is 32.1. The lowest BCUT2D eigenvalue weighted by molar-refractivity contribution is 0.00433. The van der Waals surface area contributed by atoms with E-state index in [1.807, 2.05) is 6.92 Å². The number of rotatable bonds is 8. The number of halogens is 2. The Hall–Kier alpha value is -1.30. The molecule has 1 aliphatic rings. The maximum Gasteiger partial charge on any atom is 0.330 e. The number of aromatic amines is 1. The lowest BCUT2D eigenvalue weighted by Crippen LogP contribution is -2.66. The Labute approximate surface area is 159 Å². The van der Waals surface area contributed by atoms with Crippen LogP contribution < -0.4 is 27.2 Å². The highest BCUT2D eigenvalue weighted by Gasteiger charge is 2.52. The number of fused-ring (bicyclic) bond motifs is 1. The lowest BCUT2D eigenvalue weighted by atomic mass is 10.0. The van der Waals surface area contributed by atoms with E-state index in [1.165, 1.54) is 4.57 Å². The standard InChI is InChI=1S/C14H23Cl2N5O5/c1-2-3-4-5-20-10-8(9(24)18-12(20)26)19-14(15,16)21(10)11(25)13(17,6-22)7-23/h11,19,22-23,25H,2-7,17H2,1H3,(H,18,24,26). The lowest BCUT2D eigenvalue weighted by Gasteiger charge is -2.41. The molecule has 1 aromatic heterocycles. The van der Waals surface area contributed by atoms with Crippen molar-refractivity contribution >= 4 is 34.7 Å². The molecule has 7 N–H and O–H groups in total. The fourth-order valence-corrected chi connectivity index (χ4v) is 3.27. The van der Waals surface area contributed by atoms with E-state index in [1.54, 1.807) is 0 Å². The normalized spacial score (nSPS) is 17.1. The Kier molecular flexibility index (Phi) is 6.26. The van der Waals surface area contributed by atoms with Gasteiger partial charge in [0.15, 0.2) is 6.23 Å². The van der Waals surface area contributed by atoms with E-state index in [2.05, 4.69) is 10.3 Å². The third-order valence-corrected chi connectivity index (χ3v) is 4.86. The average molecular weight is 412 g/mol. The van der Waals surface area contributed by atoms with E-state index >= 15 is 0 Å². The number of anilines is 2. The van der Waals surface area contributed by atoms with Crippen molar-refractivity contribution in [3.05, 3.63) is 20.8 Å². The number of aromatic nitrogens is 2. The predicted octanol–water partition coefficient (Wildman–Crippen LogP) is -0.952. The highest BCUT2D eigenvalue weighted by Crippen LogP contribution is 2.44. The minimum Gasteiger partial charge on any atom is -0.394 e. The molecule has 10 nitrogen and oxygen atoms in total. The van der Waals surface area contributed by atoms with Gasteiger partial charge in [0, 0.05) is 6.54 Å². The molecule has 2 rings (SSSR count). The molecule has 1 aliphatic heterocycles. The molecule has 1 atom stereocenters. The zero-order valence-corrected chi connectivity index (χ0v) is 15.7. The molecular weight excluding hydrogens is 389 g/mol. The van der Waals surface area contributed by atoms with E-state index in [9.17, 15) is 24.9 Å². The summed E-state index contributed by atoms with van der Waals surface area (Å²) in [6.45, 7) is 0.620. The number of nitrogens with one attached hydrogen (secondary N) is 2. The number of aliphatic hydroxyl groups is 3. The maximum atomic E-state index is 12.3. The van der Waals surface area contributed by atoms with E-state index in [0.29, 0.717) is 6.42 Å². The fourth-order valence-electron chi connectivity index (χ4n) is 2.73. The van der Waals surface area contributed by atoms with Gasteiger partial charge in [-0.2, -0.15) is 0 Å². The van der Waals surface area contributed by atoms with Crippen LogP contribution in [0.4, 0.5) is 11.5 Å². The molecule has 0 amide bonds. The van der Waals surface area contributed by atoms with Crippen LogP contribution in [0.5, 0.6) is 0 Å². The van der Waals surface area contributed by atoms with E-state index in [-0.39, 0.29) is 18.1 Å². The van der Waals surface area contributed by atoms with Gasteiger partial charge in [-0.1, -0.05) is 43.0 Å². The minimum absolute atomic E-state index is 0.0657. The molecule has 12 heteroatoms. The molecule has 0 aliphatic carbocycles. The van der Waals surface area contributed by atoms with Crippen LogP contribution in [-0.2, 0) is 6.54 Å². The topological polar surface area (TPSA) is 157 Å². The van der Waals surface area contributed by atoms with Crippen LogP contribution in [0.1, 0.15) is 26.2 Å². The SMILES string of the molecule is CCCCCn1c2c(c(=O)[nH]c1=O)NC(Cl)(Cl)N2C(O)C(N)(CO)CO. The summed E-state index contributed by atoms with van der Waals surface area (Å²) in [7, 11) is 0. The first-order valence-corrected chi connectivity index (χ1v) is 8.89. The average Bonchev–Trinajstić information content (AvgIpc) is 2.88. The summed E-state index contributed by atoms with van der Waals surface area (Å²) in [6, 6.07) is 0. The number of nitrogens with zero attached hydrogens (tertiary/aromatic N) is 2. The Bertz CT molecular complexity index is 761. The van der Waals surface area contributed by atoms with Gasteiger partial charge in [-0.3, -0.25) is 19.2 Å². The second kappa shape index (κ2) is 7.75. The van der Waals surface area contributed by atoms with Crippen molar-refractivity contribution in [3.8, 4) is 0 Å². The Morgan fingerprint density at radius 2 is 1.88 bits per heavy atom. The largest absolute Gasteiger partial charge is 0.394 e. The Morgan fingerprint density at radius 3 is 2.42 bits per heavy atom. The van der Waals surface area contributed by atoms with Crippen LogP contribution in [-0.4, -0.2) is 54.4 Å². The summed E-state index contributed by atoms with van der Waals surface area (Å²) in [6.07, 6.45) is 0.558. The molecule has 0 aromatic carbocycles. The number of unbranched alkanes of at least 4 members (excludes halogenated alkanes) is 2. The first-order chi connectivity index (χ1) is 12.1. The Balaban J connectivity index is 2.63. The monoisotopic (exact) mass is 411 g/mol. The van der Waals surface area contributed by atoms with Crippen LogP contribution in [0.25, 0.3) is 0 Å². The zero-order chi connectivity index (χ0) is 19.7. The molecule has 0 fully saturated rings. The maximum absolute atomic E-state index is 12.3. The fraction of sp³-hybridized carbons (Fsp3) is 0.714. The zero-order valence-electron chi connectivity index (χ0n) is 14.2. The molecule has 0 spiro atoms. The van der Waals surface area contributed by atoms with Crippen molar-refractivity contribution in [1.29, 1.82) is 0 Å². The van der Waals surface area contributed by atoms with E-state index in [0.717, 1.165) is 17.7 Å². The summed E-state index contributed by atoms with van der Waals surface area (Å²) in [5.74, 6) is -0.0657. The van der Waals surface area contributed by atoms with Crippen molar-refractivity contribution in [2.75, 3.05) is 23.4 Å². The third-order valence-electron chi connectivity index (χ3n) is 4.31. The summed E-state index contributed by atoms with van der Waals surface area (Å²) < 4.78 is -0.825. The molecule has 0 radical (unpaired) electrons. The smallest absolute Gasteiger partial charge is 0.330 e. The number of hydrogen-bond acceptors (Lipinski definition) is 8. The molecule has 0 bridgehead atoms. The minimum atomic E-state index is -2.04. The summed E-state index contributed by atoms with van der Waals surface area (Å²) in [5.41, 5.74) is 2.33. The number of nitrogens with two attached hydrogens (primary N) is 1. The van der Waals surface area contributed by atoms with Crippen molar-refractivity contribution in [3.63, 3.8) is 0 Å². The number of aliphatic hydroxyl groups excluding tert-OH is 3. The number of hydrogen-bond donors (Lipinski definition) is 6. The number of H-pyrrole nitrogens is 1. The summed E-state index contributed by atoms with van der Waals surface area (Å²) in [4.78, 5) is 27.6. The third kappa shape index (κ3) is 3.57. The predicted molar refractivity (Wildman–Crippen MR) is 98.5 cm³/mol. The number of alkyl halides is 2. The van der Waals surface area contributed by atoms with Gasteiger partial charge in [-0.05, 0) is 6.42 Å². The quantitative estimate of drug-likeness (QED) is 0.181. The van der Waals surface area contributed by atoms with Crippen LogP contribution in [0.3, 0.4) is 0 Å². The van der Waals surface area contributed by atoms with E-state index in [4.69, 9.17) is 28.9 Å². The molecule has 2 heterocycles. The Morgan fingerprint density at radius 1 is 1.27 bits per heavy atom. The molecule has 1 unspecified atom stereocenters. The van der Waals surface area contributed by atoms with Crippen LogP contribution >= 0.6 is 23.2 Å². The van der Waals surface area contributed by atoms with E-state index < -0.39 is 40.8 Å². The first-order valence-electron chi connectivity index (χ1n) is 8.14. The van der Waals surface area contributed by atoms with Gasteiger partial charge in [-0.15, -0.1) is 0 Å². The molecule has 0 saturated heterocycles. The second-order valence-electron chi connectivity index (χ2n) is 6.28. The van der Waals surface area contributed by atoms with Crippen molar-refractivity contribution < 1.29 is 15.3 Å². The first kappa shape index (κ1) is 21.0. The second-order valence-corrected chi connectivity index (χ2v) is 7.56. The van der Waals surface area contributed by atoms with Crippen molar-refractivity contribution in [1.82, 2.24) is 9.55 Å². The van der Waals surface area contributed by atoms with Gasteiger partial charge in [-0.25, -0.2) is 4.79 Å². The van der Waals surface area contributed by atoms with Crippen molar-refractivity contribution in [2.45, 2.75) is 49.1 Å². The van der Waals surface area contributed by atoms with Gasteiger partial charge in [0.25, 0.3) is 10.1 Å². The van der Waals surface area contributed by atoms with Crippen molar-refractivity contribution in [2.24, 2.45) is 5.73 Å². The van der Waals surface area contributed by atoms with Gasteiger partial charge < -0.3 is 26.4 Å². The molecule has 148 valence electrons. The van der Waals surface area contributed by atoms with Gasteiger partial charge >= 0.3 is 5.69 Å². The van der Waals surface area contributed by atoms with Gasteiger partial charge in [0.05, 0.1) is 13.2 Å². The van der Waals surface area contributed by atoms with Gasteiger partial charge in [0.2, 0.25) is 0 Å². The highest BCUT2D eigenvalue weighted by atomic mass is 35.5. The molecular formula is C14H23Cl2N5O5. The molecule has 1 aromatic rings. The highest BCUT2D eigenvalue weighted by molar-refractivity contribution is 6.51.